The predicted molar refractivity (Wildman–Crippen MR) is 93.8 cm³/mol. The lowest BCUT2D eigenvalue weighted by Gasteiger charge is -2.23. The van der Waals surface area contributed by atoms with Crippen LogP contribution >= 0.6 is 11.6 Å². The Morgan fingerprint density at radius 3 is 2.44 bits per heavy atom. The molecule has 0 aliphatic carbocycles. The van der Waals surface area contributed by atoms with E-state index < -0.39 is 17.7 Å². The first-order chi connectivity index (χ1) is 12.0. The summed E-state index contributed by atoms with van der Waals surface area (Å²) in [4.78, 5) is 25.8. The highest BCUT2D eigenvalue weighted by Gasteiger charge is 2.20. The number of hydrogen-bond donors (Lipinski definition) is 0. The first-order valence-corrected chi connectivity index (χ1v) is 8.33. The molecule has 132 valence electrons. The Kier molecular flexibility index (Phi) is 6.95. The lowest BCUT2D eigenvalue weighted by Crippen LogP contribution is -2.33. The standard InChI is InChI=1S/C19H19ClFNO3/c1-2-25-18(23)11-12-22(13-14-7-9-15(20)10-8-14)19(24)16-5-3-4-6-17(16)21/h3-10H,2,11-13H2,1H3. The maximum atomic E-state index is 14.0. The molecule has 2 aromatic carbocycles. The predicted octanol–water partition coefficient (Wildman–Crippen LogP) is 4.07. The minimum atomic E-state index is -0.593. The van der Waals surface area contributed by atoms with Crippen molar-refractivity contribution in [2.45, 2.75) is 19.9 Å². The van der Waals surface area contributed by atoms with E-state index in [2.05, 4.69) is 0 Å². The summed E-state index contributed by atoms with van der Waals surface area (Å²) in [5.74, 6) is -1.47. The van der Waals surface area contributed by atoms with Gasteiger partial charge in [0.1, 0.15) is 5.82 Å². The van der Waals surface area contributed by atoms with Gasteiger partial charge < -0.3 is 9.64 Å². The van der Waals surface area contributed by atoms with Crippen molar-refractivity contribution in [3.8, 4) is 0 Å². The zero-order valence-electron chi connectivity index (χ0n) is 13.9. The molecular formula is C19H19ClFNO3. The van der Waals surface area contributed by atoms with E-state index in [1.807, 2.05) is 0 Å². The SMILES string of the molecule is CCOC(=O)CCN(Cc1ccc(Cl)cc1)C(=O)c1ccccc1F. The Hall–Kier alpha value is -2.40. The van der Waals surface area contributed by atoms with Gasteiger partial charge >= 0.3 is 5.97 Å². The van der Waals surface area contributed by atoms with Gasteiger partial charge in [-0.1, -0.05) is 35.9 Å². The van der Waals surface area contributed by atoms with Crippen molar-refractivity contribution in [1.82, 2.24) is 4.90 Å². The molecule has 2 rings (SSSR count). The number of rotatable bonds is 7. The summed E-state index contributed by atoms with van der Waals surface area (Å²) < 4.78 is 18.9. The highest BCUT2D eigenvalue weighted by Crippen LogP contribution is 2.16. The van der Waals surface area contributed by atoms with Crippen molar-refractivity contribution in [2.75, 3.05) is 13.2 Å². The first kappa shape index (κ1) is 18.9. The zero-order valence-corrected chi connectivity index (χ0v) is 14.6. The van der Waals surface area contributed by atoms with E-state index >= 15 is 0 Å². The molecule has 0 spiro atoms. The second-order valence-corrected chi connectivity index (χ2v) is 5.82. The van der Waals surface area contributed by atoms with E-state index in [0.717, 1.165) is 5.56 Å². The Balaban J connectivity index is 2.18. The van der Waals surface area contributed by atoms with E-state index in [1.165, 1.54) is 23.1 Å². The molecular weight excluding hydrogens is 345 g/mol. The molecule has 0 bridgehead atoms. The van der Waals surface area contributed by atoms with Crippen molar-refractivity contribution in [2.24, 2.45) is 0 Å². The number of nitrogens with zero attached hydrogens (tertiary/aromatic N) is 1. The quantitative estimate of drug-likeness (QED) is 0.696. The normalized spacial score (nSPS) is 10.4. The van der Waals surface area contributed by atoms with Crippen LogP contribution in [0.5, 0.6) is 0 Å². The molecule has 25 heavy (non-hydrogen) atoms. The van der Waals surface area contributed by atoms with E-state index in [4.69, 9.17) is 16.3 Å². The third-order valence-electron chi connectivity index (χ3n) is 3.57. The summed E-state index contributed by atoms with van der Waals surface area (Å²) in [6, 6.07) is 12.8. The van der Waals surface area contributed by atoms with Gasteiger partial charge in [0.2, 0.25) is 0 Å². The van der Waals surface area contributed by atoms with E-state index in [-0.39, 0.29) is 31.7 Å². The third kappa shape index (κ3) is 5.57. The van der Waals surface area contributed by atoms with Gasteiger partial charge in [-0.05, 0) is 36.8 Å². The molecule has 0 N–H and O–H groups in total. The topological polar surface area (TPSA) is 46.6 Å². The molecule has 0 aliphatic rings. The largest absolute Gasteiger partial charge is 0.466 e. The smallest absolute Gasteiger partial charge is 0.307 e. The van der Waals surface area contributed by atoms with Gasteiger partial charge in [-0.3, -0.25) is 9.59 Å². The number of hydrogen-bond acceptors (Lipinski definition) is 3. The van der Waals surface area contributed by atoms with Crippen LogP contribution in [0.2, 0.25) is 5.02 Å². The fourth-order valence-electron chi connectivity index (χ4n) is 2.33. The number of carbonyl (C=O) groups excluding carboxylic acids is 2. The molecule has 0 aromatic heterocycles. The lowest BCUT2D eigenvalue weighted by atomic mass is 10.1. The summed E-state index contributed by atoms with van der Waals surface area (Å²) in [6.45, 7) is 2.36. The average molecular weight is 364 g/mol. The molecule has 0 atom stereocenters. The van der Waals surface area contributed by atoms with Gasteiger partial charge in [0, 0.05) is 18.1 Å². The molecule has 4 nitrogen and oxygen atoms in total. The van der Waals surface area contributed by atoms with E-state index in [1.54, 1.807) is 37.3 Å². The molecule has 0 aliphatic heterocycles. The molecule has 0 fully saturated rings. The molecule has 1 amide bonds. The lowest BCUT2D eigenvalue weighted by molar-refractivity contribution is -0.143. The summed E-state index contributed by atoms with van der Waals surface area (Å²) in [6.07, 6.45) is 0.0433. The Morgan fingerprint density at radius 2 is 1.80 bits per heavy atom. The van der Waals surface area contributed by atoms with E-state index in [9.17, 15) is 14.0 Å². The van der Waals surface area contributed by atoms with Crippen molar-refractivity contribution in [3.05, 3.63) is 70.5 Å². The van der Waals surface area contributed by atoms with Crippen LogP contribution in [0.1, 0.15) is 29.3 Å². The van der Waals surface area contributed by atoms with Crippen LogP contribution in [0.4, 0.5) is 4.39 Å². The molecule has 2 aromatic rings. The monoisotopic (exact) mass is 363 g/mol. The minimum absolute atomic E-state index is 0.0275. The summed E-state index contributed by atoms with van der Waals surface area (Å²) >= 11 is 5.87. The number of carbonyl (C=O) groups is 2. The first-order valence-electron chi connectivity index (χ1n) is 7.95. The highest BCUT2D eigenvalue weighted by molar-refractivity contribution is 6.30. The van der Waals surface area contributed by atoms with Crippen LogP contribution in [0, 0.1) is 5.82 Å². The van der Waals surface area contributed by atoms with Crippen LogP contribution in [-0.2, 0) is 16.1 Å². The van der Waals surface area contributed by atoms with Crippen LogP contribution in [0.3, 0.4) is 0 Å². The maximum absolute atomic E-state index is 14.0. The van der Waals surface area contributed by atoms with Crippen molar-refractivity contribution >= 4 is 23.5 Å². The Morgan fingerprint density at radius 1 is 1.12 bits per heavy atom. The van der Waals surface area contributed by atoms with Gasteiger partial charge in [0.15, 0.2) is 0 Å². The second kappa shape index (κ2) is 9.18. The zero-order chi connectivity index (χ0) is 18.2. The highest BCUT2D eigenvalue weighted by atomic mass is 35.5. The Labute approximate surface area is 151 Å². The molecule has 0 heterocycles. The Bertz CT molecular complexity index is 734. The number of halogens is 2. The third-order valence-corrected chi connectivity index (χ3v) is 3.82. The summed E-state index contributed by atoms with van der Waals surface area (Å²) in [5, 5.41) is 0.585. The van der Waals surface area contributed by atoms with Crippen molar-refractivity contribution < 1.29 is 18.7 Å². The summed E-state index contributed by atoms with van der Waals surface area (Å²) in [7, 11) is 0. The van der Waals surface area contributed by atoms with Crippen LogP contribution in [0.25, 0.3) is 0 Å². The number of ether oxygens (including phenoxy) is 1. The molecule has 0 unspecified atom stereocenters. The number of benzene rings is 2. The van der Waals surface area contributed by atoms with Gasteiger partial charge in [-0.2, -0.15) is 0 Å². The summed E-state index contributed by atoms with van der Waals surface area (Å²) in [5.41, 5.74) is 0.804. The average Bonchev–Trinajstić information content (AvgIpc) is 2.60. The molecule has 0 radical (unpaired) electrons. The van der Waals surface area contributed by atoms with Crippen LogP contribution < -0.4 is 0 Å². The van der Waals surface area contributed by atoms with Gasteiger partial charge in [-0.25, -0.2) is 4.39 Å². The van der Waals surface area contributed by atoms with Gasteiger partial charge in [0.25, 0.3) is 5.91 Å². The fourth-order valence-corrected chi connectivity index (χ4v) is 2.45. The van der Waals surface area contributed by atoms with Crippen LogP contribution in [-0.4, -0.2) is 29.9 Å². The van der Waals surface area contributed by atoms with Crippen molar-refractivity contribution in [3.63, 3.8) is 0 Å². The number of esters is 1. The molecule has 0 saturated heterocycles. The molecule has 0 saturated carbocycles. The van der Waals surface area contributed by atoms with Crippen molar-refractivity contribution in [1.29, 1.82) is 0 Å². The second-order valence-electron chi connectivity index (χ2n) is 5.39. The minimum Gasteiger partial charge on any atom is -0.466 e. The molecule has 6 heteroatoms. The van der Waals surface area contributed by atoms with Crippen LogP contribution in [0.15, 0.2) is 48.5 Å². The maximum Gasteiger partial charge on any atom is 0.307 e. The number of amides is 1. The van der Waals surface area contributed by atoms with Gasteiger partial charge in [0.05, 0.1) is 18.6 Å². The van der Waals surface area contributed by atoms with E-state index in [0.29, 0.717) is 5.02 Å². The van der Waals surface area contributed by atoms with Gasteiger partial charge in [-0.15, -0.1) is 0 Å². The fraction of sp³-hybridized carbons (Fsp3) is 0.263.